The molecule has 0 spiro atoms. The van der Waals surface area contributed by atoms with Crippen LogP contribution < -0.4 is 0 Å². The highest BCUT2D eigenvalue weighted by Crippen LogP contribution is 2.39. The summed E-state index contributed by atoms with van der Waals surface area (Å²) in [5.74, 6) is 0. The van der Waals surface area contributed by atoms with Gasteiger partial charge < -0.3 is 4.57 Å². The van der Waals surface area contributed by atoms with Crippen LogP contribution in [-0.4, -0.2) is 4.57 Å². The molecule has 0 atom stereocenters. The Morgan fingerprint density at radius 1 is 0.378 bits per heavy atom. The summed E-state index contributed by atoms with van der Waals surface area (Å²) in [4.78, 5) is 0. The van der Waals surface area contributed by atoms with E-state index in [2.05, 4.69) is 168 Å². The van der Waals surface area contributed by atoms with Crippen molar-refractivity contribution in [3.05, 3.63) is 175 Å². The van der Waals surface area contributed by atoms with Crippen LogP contribution >= 0.6 is 11.3 Å². The van der Waals surface area contributed by atoms with Crippen LogP contribution in [0.1, 0.15) is 11.1 Å². The monoisotopic (exact) mass is 591 g/mol. The van der Waals surface area contributed by atoms with Gasteiger partial charge in [-0.15, -0.1) is 11.3 Å². The fraction of sp³-hybridized carbons (Fsp3) is 0.0233. The number of rotatable bonds is 5. The van der Waals surface area contributed by atoms with Crippen LogP contribution in [0.4, 0.5) is 0 Å². The zero-order valence-corrected chi connectivity index (χ0v) is 25.5. The third kappa shape index (κ3) is 4.54. The second-order valence-corrected chi connectivity index (χ2v) is 12.9. The Bertz CT molecular complexity index is 2460. The van der Waals surface area contributed by atoms with Crippen LogP contribution in [0.5, 0.6) is 0 Å². The van der Waals surface area contributed by atoms with Crippen LogP contribution in [0.15, 0.2) is 164 Å². The van der Waals surface area contributed by atoms with E-state index in [0.29, 0.717) is 0 Å². The highest BCUT2D eigenvalue weighted by atomic mass is 32.1. The van der Waals surface area contributed by atoms with Gasteiger partial charge in [-0.05, 0) is 82.3 Å². The third-order valence-corrected chi connectivity index (χ3v) is 10.1. The van der Waals surface area contributed by atoms with Crippen molar-refractivity contribution in [3.8, 4) is 27.9 Å². The molecule has 2 aromatic heterocycles. The molecule has 0 N–H and O–H groups in total. The Labute approximate surface area is 266 Å². The molecule has 0 saturated carbocycles. The highest BCUT2D eigenvalue weighted by Gasteiger charge is 2.14. The van der Waals surface area contributed by atoms with Crippen molar-refractivity contribution in [2.45, 2.75) is 6.42 Å². The van der Waals surface area contributed by atoms with E-state index in [1.54, 1.807) is 0 Å². The van der Waals surface area contributed by atoms with Crippen LogP contribution in [0.25, 0.3) is 69.9 Å². The van der Waals surface area contributed by atoms with Gasteiger partial charge in [-0.2, -0.15) is 0 Å². The normalized spacial score (nSPS) is 11.6. The largest absolute Gasteiger partial charge is 0.309 e. The molecule has 0 aliphatic rings. The van der Waals surface area contributed by atoms with Crippen molar-refractivity contribution >= 4 is 53.3 Å². The minimum absolute atomic E-state index is 0.903. The number of hydrogen-bond donors (Lipinski definition) is 0. The summed E-state index contributed by atoms with van der Waals surface area (Å²) in [5.41, 5.74) is 11.4. The molecule has 2 heterocycles. The van der Waals surface area contributed by atoms with Gasteiger partial charge in [0.05, 0.1) is 11.0 Å². The molecule has 2 heteroatoms. The predicted octanol–water partition coefficient (Wildman–Crippen LogP) is 12.1. The van der Waals surface area contributed by atoms with E-state index in [-0.39, 0.29) is 0 Å². The lowest BCUT2D eigenvalue weighted by atomic mass is 9.96. The Hall–Kier alpha value is -5.44. The predicted molar refractivity (Wildman–Crippen MR) is 194 cm³/mol. The number of aromatic nitrogens is 1. The topological polar surface area (TPSA) is 4.93 Å². The molecule has 0 fully saturated rings. The van der Waals surface area contributed by atoms with Crippen LogP contribution in [-0.2, 0) is 6.42 Å². The first-order valence-electron chi connectivity index (χ1n) is 15.5. The minimum Gasteiger partial charge on any atom is -0.309 e. The highest BCUT2D eigenvalue weighted by molar-refractivity contribution is 7.25. The lowest BCUT2D eigenvalue weighted by Crippen LogP contribution is -1.93. The number of nitrogens with zero attached hydrogens (tertiary/aromatic N) is 1. The maximum Gasteiger partial charge on any atom is 0.0541 e. The molecule has 7 aromatic carbocycles. The Kier molecular flexibility index (Phi) is 6.14. The lowest BCUT2D eigenvalue weighted by Gasteiger charge is -2.09. The van der Waals surface area contributed by atoms with Gasteiger partial charge >= 0.3 is 0 Å². The van der Waals surface area contributed by atoms with E-state index >= 15 is 0 Å². The molecule has 0 saturated heterocycles. The molecule has 212 valence electrons. The number of fused-ring (bicyclic) bond motifs is 6. The summed E-state index contributed by atoms with van der Waals surface area (Å²) in [6, 6.07) is 59.9. The second-order valence-electron chi connectivity index (χ2n) is 11.8. The Balaban J connectivity index is 1.10. The van der Waals surface area contributed by atoms with Crippen molar-refractivity contribution in [3.63, 3.8) is 0 Å². The van der Waals surface area contributed by atoms with E-state index in [0.717, 1.165) is 6.42 Å². The quantitative estimate of drug-likeness (QED) is 0.188. The summed E-state index contributed by atoms with van der Waals surface area (Å²) in [5, 5.41) is 5.20. The van der Waals surface area contributed by atoms with Gasteiger partial charge in [-0.25, -0.2) is 0 Å². The molecule has 0 amide bonds. The van der Waals surface area contributed by atoms with Gasteiger partial charge in [-0.3, -0.25) is 0 Å². The number of benzene rings is 7. The number of thiophene rings is 1. The minimum atomic E-state index is 0.903. The second kappa shape index (κ2) is 10.6. The van der Waals surface area contributed by atoms with E-state index in [9.17, 15) is 0 Å². The summed E-state index contributed by atoms with van der Waals surface area (Å²) in [6.07, 6.45) is 0.903. The first-order valence-corrected chi connectivity index (χ1v) is 16.3. The molecule has 45 heavy (non-hydrogen) atoms. The van der Waals surface area contributed by atoms with Crippen LogP contribution in [0, 0.1) is 0 Å². The molecule has 0 aliphatic heterocycles. The molecule has 0 radical (unpaired) electrons. The third-order valence-electron chi connectivity index (χ3n) is 8.99. The van der Waals surface area contributed by atoms with E-state index in [1.807, 2.05) is 11.3 Å². The Morgan fingerprint density at radius 2 is 0.911 bits per heavy atom. The molecule has 1 nitrogen and oxygen atoms in total. The van der Waals surface area contributed by atoms with Gasteiger partial charge in [0.1, 0.15) is 0 Å². The summed E-state index contributed by atoms with van der Waals surface area (Å²) in [7, 11) is 0. The lowest BCUT2D eigenvalue weighted by molar-refractivity contribution is 1.19. The van der Waals surface area contributed by atoms with Gasteiger partial charge in [-0.1, -0.05) is 121 Å². The number of para-hydroxylation sites is 2. The van der Waals surface area contributed by atoms with E-state index < -0.39 is 0 Å². The zero-order valence-electron chi connectivity index (χ0n) is 24.7. The van der Waals surface area contributed by atoms with Crippen molar-refractivity contribution in [2.75, 3.05) is 0 Å². The fourth-order valence-corrected chi connectivity index (χ4v) is 7.94. The Morgan fingerprint density at radius 3 is 1.60 bits per heavy atom. The van der Waals surface area contributed by atoms with Gasteiger partial charge in [0.15, 0.2) is 0 Å². The molecule has 0 bridgehead atoms. The van der Waals surface area contributed by atoms with Crippen LogP contribution in [0.3, 0.4) is 0 Å². The summed E-state index contributed by atoms with van der Waals surface area (Å²) >= 11 is 1.87. The average molecular weight is 592 g/mol. The van der Waals surface area contributed by atoms with E-state index in [1.165, 1.54) is 81.0 Å². The molecule has 9 aromatic rings. The van der Waals surface area contributed by atoms with Crippen molar-refractivity contribution in [1.29, 1.82) is 0 Å². The van der Waals surface area contributed by atoms with E-state index in [4.69, 9.17) is 0 Å². The molecule has 0 aliphatic carbocycles. The molecule has 9 rings (SSSR count). The SMILES string of the molecule is c1ccc(-c2cccc(Cc3cccc(-c4ccc5sc6ccc(-n7c8ccccc8c8ccccc87)cc6c5c4)c3)c2)cc1. The molecular weight excluding hydrogens is 563 g/mol. The standard InChI is InChI=1S/C43H29NS/c1-2-12-31(13-3-1)32-14-8-10-29(25-32)24-30-11-9-15-33(26-30)34-20-22-42-38(27-34)39-28-35(21-23-43(39)45-42)44-40-18-6-4-16-36(40)37-17-5-7-19-41(37)44/h1-23,25-28H,24H2. The van der Waals surface area contributed by atoms with Crippen molar-refractivity contribution in [2.24, 2.45) is 0 Å². The van der Waals surface area contributed by atoms with Gasteiger partial charge in [0.2, 0.25) is 0 Å². The molecule has 0 unspecified atom stereocenters. The zero-order chi connectivity index (χ0) is 29.7. The molecular formula is C43H29NS. The van der Waals surface area contributed by atoms with Crippen molar-refractivity contribution in [1.82, 2.24) is 4.57 Å². The maximum atomic E-state index is 2.41. The fourth-order valence-electron chi connectivity index (χ4n) is 6.87. The maximum absolute atomic E-state index is 2.41. The smallest absolute Gasteiger partial charge is 0.0541 e. The first-order chi connectivity index (χ1) is 22.3. The van der Waals surface area contributed by atoms with Gasteiger partial charge in [0, 0.05) is 36.6 Å². The van der Waals surface area contributed by atoms with Gasteiger partial charge in [0.25, 0.3) is 0 Å². The average Bonchev–Trinajstić information content (AvgIpc) is 3.64. The summed E-state index contributed by atoms with van der Waals surface area (Å²) in [6.45, 7) is 0. The first kappa shape index (κ1) is 26.0. The summed E-state index contributed by atoms with van der Waals surface area (Å²) < 4.78 is 5.05. The number of hydrogen-bond acceptors (Lipinski definition) is 1. The van der Waals surface area contributed by atoms with Crippen LogP contribution in [0.2, 0.25) is 0 Å². The van der Waals surface area contributed by atoms with Crippen molar-refractivity contribution < 1.29 is 0 Å².